The number of aromatic nitrogens is 2. The van der Waals surface area contributed by atoms with Gasteiger partial charge in [0.25, 0.3) is 0 Å². The zero-order chi connectivity index (χ0) is 13.8. The topological polar surface area (TPSA) is 66.7 Å². The Hall–Kier alpha value is -2.17. The van der Waals surface area contributed by atoms with Crippen LogP contribution in [0.4, 0.5) is 0 Å². The third kappa shape index (κ3) is 2.87. The van der Waals surface area contributed by atoms with Gasteiger partial charge in [-0.3, -0.25) is 0 Å². The van der Waals surface area contributed by atoms with E-state index in [1.165, 1.54) is 16.7 Å². The van der Waals surface area contributed by atoms with E-state index in [9.17, 15) is 0 Å². The van der Waals surface area contributed by atoms with Gasteiger partial charge in [-0.2, -0.15) is 0 Å². The van der Waals surface area contributed by atoms with Crippen molar-refractivity contribution >= 4 is 11.0 Å². The molecule has 102 valence electrons. The van der Waals surface area contributed by atoms with E-state index in [-0.39, 0.29) is 0 Å². The Balaban J connectivity index is 1.61. The van der Waals surface area contributed by atoms with Gasteiger partial charge in [0.05, 0.1) is 17.4 Å². The highest BCUT2D eigenvalue weighted by Crippen LogP contribution is 2.11. The molecule has 0 unspecified atom stereocenters. The molecule has 1 aromatic heterocycles. The van der Waals surface area contributed by atoms with Crippen LogP contribution in [0.3, 0.4) is 0 Å². The minimum atomic E-state index is 0.588. The minimum absolute atomic E-state index is 0.588. The number of hydrogen-bond acceptors (Lipinski definition) is 3. The van der Waals surface area contributed by atoms with Gasteiger partial charge in [0.2, 0.25) is 0 Å². The van der Waals surface area contributed by atoms with E-state index >= 15 is 0 Å². The Kier molecular flexibility index (Phi) is 3.76. The van der Waals surface area contributed by atoms with Crippen molar-refractivity contribution in [2.75, 3.05) is 0 Å². The first-order chi connectivity index (χ1) is 9.85. The molecule has 2 aromatic carbocycles. The molecular formula is C16H18N4. The van der Waals surface area contributed by atoms with Crippen molar-refractivity contribution < 1.29 is 0 Å². The van der Waals surface area contributed by atoms with Crippen molar-refractivity contribution in [1.29, 1.82) is 0 Å². The summed E-state index contributed by atoms with van der Waals surface area (Å²) in [5.74, 6) is 0. The van der Waals surface area contributed by atoms with Crippen LogP contribution >= 0.6 is 0 Å². The van der Waals surface area contributed by atoms with Crippen LogP contribution in [-0.2, 0) is 19.6 Å². The largest absolute Gasteiger partial charge is 0.345 e. The van der Waals surface area contributed by atoms with E-state index in [1.54, 1.807) is 6.33 Å². The van der Waals surface area contributed by atoms with E-state index < -0.39 is 0 Å². The average molecular weight is 266 g/mol. The van der Waals surface area contributed by atoms with E-state index in [4.69, 9.17) is 5.73 Å². The number of nitrogens with two attached hydrogens (primary N) is 1. The Morgan fingerprint density at radius 1 is 1.00 bits per heavy atom. The maximum Gasteiger partial charge on any atom is 0.0931 e. The Labute approximate surface area is 118 Å². The van der Waals surface area contributed by atoms with Crippen molar-refractivity contribution in [3.8, 4) is 0 Å². The summed E-state index contributed by atoms with van der Waals surface area (Å²) in [5, 5.41) is 3.45. The maximum atomic E-state index is 5.65. The molecule has 4 N–H and O–H groups in total. The fraction of sp³-hybridized carbons (Fsp3) is 0.188. The maximum absolute atomic E-state index is 5.65. The van der Waals surface area contributed by atoms with Gasteiger partial charge in [0.15, 0.2) is 0 Å². The van der Waals surface area contributed by atoms with Gasteiger partial charge in [-0.05, 0) is 28.8 Å². The zero-order valence-electron chi connectivity index (χ0n) is 11.3. The number of imidazole rings is 1. The highest BCUT2D eigenvalue weighted by molar-refractivity contribution is 5.74. The predicted octanol–water partition coefficient (Wildman–Crippen LogP) is 2.31. The van der Waals surface area contributed by atoms with Crippen LogP contribution in [0.2, 0.25) is 0 Å². The number of nitrogens with zero attached hydrogens (tertiary/aromatic N) is 1. The second-order valence-corrected chi connectivity index (χ2v) is 4.88. The summed E-state index contributed by atoms with van der Waals surface area (Å²) < 4.78 is 0. The molecule has 3 rings (SSSR count). The Morgan fingerprint density at radius 3 is 2.65 bits per heavy atom. The molecule has 0 bridgehead atoms. The fourth-order valence-electron chi connectivity index (χ4n) is 2.31. The Bertz CT molecular complexity index is 702. The summed E-state index contributed by atoms with van der Waals surface area (Å²) in [7, 11) is 0. The van der Waals surface area contributed by atoms with Crippen molar-refractivity contribution in [2.24, 2.45) is 5.73 Å². The van der Waals surface area contributed by atoms with Gasteiger partial charge in [-0.25, -0.2) is 4.98 Å². The molecule has 4 nitrogen and oxygen atoms in total. The van der Waals surface area contributed by atoms with Crippen LogP contribution in [0.25, 0.3) is 11.0 Å². The monoisotopic (exact) mass is 266 g/mol. The lowest BCUT2D eigenvalue weighted by molar-refractivity contribution is 0.693. The van der Waals surface area contributed by atoms with Crippen molar-refractivity contribution in [3.63, 3.8) is 0 Å². The van der Waals surface area contributed by atoms with Crippen molar-refractivity contribution in [2.45, 2.75) is 19.6 Å². The minimum Gasteiger partial charge on any atom is -0.345 e. The van der Waals surface area contributed by atoms with Crippen molar-refractivity contribution in [3.05, 3.63) is 65.5 Å². The summed E-state index contributed by atoms with van der Waals surface area (Å²) in [5.41, 5.74) is 11.4. The summed E-state index contributed by atoms with van der Waals surface area (Å²) >= 11 is 0. The van der Waals surface area contributed by atoms with E-state index in [0.717, 1.165) is 24.1 Å². The Morgan fingerprint density at radius 2 is 1.80 bits per heavy atom. The second kappa shape index (κ2) is 5.86. The lowest BCUT2D eigenvalue weighted by Crippen LogP contribution is -2.13. The number of nitrogens with one attached hydrogen (secondary N) is 2. The number of H-pyrrole nitrogens is 1. The van der Waals surface area contributed by atoms with Gasteiger partial charge in [-0.1, -0.05) is 30.3 Å². The number of fused-ring (bicyclic) bond motifs is 1. The van der Waals surface area contributed by atoms with Crippen LogP contribution < -0.4 is 11.1 Å². The summed E-state index contributed by atoms with van der Waals surface area (Å²) in [6.07, 6.45) is 1.72. The normalized spacial score (nSPS) is 11.1. The third-order valence-electron chi connectivity index (χ3n) is 3.37. The lowest BCUT2D eigenvalue weighted by atomic mass is 10.1. The molecular weight excluding hydrogens is 248 g/mol. The highest BCUT2D eigenvalue weighted by atomic mass is 14.9. The third-order valence-corrected chi connectivity index (χ3v) is 3.37. The number of hydrogen-bond donors (Lipinski definition) is 3. The van der Waals surface area contributed by atoms with Gasteiger partial charge < -0.3 is 16.0 Å². The highest BCUT2D eigenvalue weighted by Gasteiger charge is 1.99. The first kappa shape index (κ1) is 12.8. The molecule has 0 aliphatic rings. The molecule has 0 amide bonds. The SMILES string of the molecule is NCc1cccc(CNCc2ccc3nc[nH]c3c2)c1. The molecule has 20 heavy (non-hydrogen) atoms. The van der Waals surface area contributed by atoms with Gasteiger partial charge in [0.1, 0.15) is 0 Å². The number of benzene rings is 2. The number of rotatable bonds is 5. The van der Waals surface area contributed by atoms with Gasteiger partial charge in [-0.15, -0.1) is 0 Å². The first-order valence-electron chi connectivity index (χ1n) is 6.76. The fourth-order valence-corrected chi connectivity index (χ4v) is 2.31. The molecule has 0 saturated heterocycles. The van der Waals surface area contributed by atoms with Gasteiger partial charge >= 0.3 is 0 Å². The molecule has 0 fully saturated rings. The summed E-state index contributed by atoms with van der Waals surface area (Å²) in [6.45, 7) is 2.26. The molecule has 0 aliphatic heterocycles. The van der Waals surface area contributed by atoms with Crippen LogP contribution in [0.15, 0.2) is 48.8 Å². The quantitative estimate of drug-likeness (QED) is 0.664. The molecule has 0 radical (unpaired) electrons. The second-order valence-electron chi connectivity index (χ2n) is 4.88. The summed E-state index contributed by atoms with van der Waals surface area (Å²) in [4.78, 5) is 7.35. The molecule has 0 atom stereocenters. The van der Waals surface area contributed by atoms with E-state index in [2.05, 4.69) is 51.7 Å². The predicted molar refractivity (Wildman–Crippen MR) is 81.0 cm³/mol. The van der Waals surface area contributed by atoms with Crippen molar-refractivity contribution in [1.82, 2.24) is 15.3 Å². The smallest absolute Gasteiger partial charge is 0.0931 e. The molecule has 1 heterocycles. The lowest BCUT2D eigenvalue weighted by Gasteiger charge is -2.06. The van der Waals surface area contributed by atoms with E-state index in [1.807, 2.05) is 6.07 Å². The van der Waals surface area contributed by atoms with Crippen LogP contribution in [0, 0.1) is 0 Å². The van der Waals surface area contributed by atoms with Crippen LogP contribution in [-0.4, -0.2) is 9.97 Å². The first-order valence-corrected chi connectivity index (χ1v) is 6.76. The zero-order valence-corrected chi connectivity index (χ0v) is 11.3. The summed E-state index contributed by atoms with van der Waals surface area (Å²) in [6, 6.07) is 14.6. The van der Waals surface area contributed by atoms with Gasteiger partial charge in [0, 0.05) is 19.6 Å². The molecule has 0 aliphatic carbocycles. The molecule has 4 heteroatoms. The van der Waals surface area contributed by atoms with Crippen LogP contribution in [0.5, 0.6) is 0 Å². The average Bonchev–Trinajstić information content (AvgIpc) is 2.95. The molecule has 3 aromatic rings. The molecule has 0 spiro atoms. The van der Waals surface area contributed by atoms with E-state index in [0.29, 0.717) is 6.54 Å². The number of aromatic amines is 1. The standard InChI is InChI=1S/C16H18N4/c17-8-12-2-1-3-13(6-12)9-18-10-14-4-5-15-16(7-14)20-11-19-15/h1-7,11,18H,8-10,17H2,(H,19,20). The molecule has 0 saturated carbocycles. The van der Waals surface area contributed by atoms with Crippen LogP contribution in [0.1, 0.15) is 16.7 Å².